The molecule has 0 amide bonds. The molecular weight excluding hydrogens is 244 g/mol. The van der Waals surface area contributed by atoms with Crippen molar-refractivity contribution in [3.8, 4) is 0 Å². The Labute approximate surface area is 100 Å². The summed E-state index contributed by atoms with van der Waals surface area (Å²) >= 11 is 0. The Morgan fingerprint density at radius 1 is 1.00 bits per heavy atom. The number of Topliss-reactive ketones (excluding diaryl/α,β-unsaturated/α-hetero) is 2. The molecule has 0 spiro atoms. The lowest BCUT2D eigenvalue weighted by Crippen LogP contribution is -2.05. The molecule has 1 aromatic carbocycles. The van der Waals surface area contributed by atoms with E-state index >= 15 is 0 Å². The van der Waals surface area contributed by atoms with E-state index in [0.29, 0.717) is 0 Å². The van der Waals surface area contributed by atoms with E-state index in [4.69, 9.17) is 0 Å². The Morgan fingerprint density at radius 2 is 1.35 bits per heavy atom. The zero-order chi connectivity index (χ0) is 12.5. The highest BCUT2D eigenvalue weighted by atomic mass is 32.2. The van der Waals surface area contributed by atoms with Gasteiger partial charge in [-0.05, 0) is 32.0 Å². The SMILES string of the molecule is CC(=O)c1cc(C(C)=O)cc(S(=O)(=O)[O-])c1.[CH3+]. The average Bonchev–Trinajstić information content (AvgIpc) is 2.15. The number of hydrogen-bond donors (Lipinski definition) is 0. The second kappa shape index (κ2) is 5.11. The molecule has 0 heterocycles. The molecule has 92 valence electrons. The van der Waals surface area contributed by atoms with Crippen LogP contribution in [0.1, 0.15) is 34.6 Å². The summed E-state index contributed by atoms with van der Waals surface area (Å²) in [6, 6.07) is 3.20. The highest BCUT2D eigenvalue weighted by Gasteiger charge is 2.11. The Balaban J connectivity index is 0.00000256. The van der Waals surface area contributed by atoms with E-state index in [9.17, 15) is 22.6 Å². The van der Waals surface area contributed by atoms with Crippen LogP contribution in [0.15, 0.2) is 23.1 Å². The lowest BCUT2D eigenvalue weighted by molar-refractivity contribution is 0.101. The second-order valence-electron chi connectivity index (χ2n) is 3.31. The maximum Gasteiger partial charge on any atom is 0.159 e. The van der Waals surface area contributed by atoms with E-state index in [-0.39, 0.29) is 18.6 Å². The predicted molar refractivity (Wildman–Crippen MR) is 60.8 cm³/mol. The van der Waals surface area contributed by atoms with Gasteiger partial charge in [0.05, 0.1) is 4.90 Å². The van der Waals surface area contributed by atoms with E-state index in [2.05, 4.69) is 0 Å². The van der Waals surface area contributed by atoms with Gasteiger partial charge in [0.15, 0.2) is 11.6 Å². The lowest BCUT2D eigenvalue weighted by atomic mass is 10.1. The molecule has 0 saturated carbocycles. The summed E-state index contributed by atoms with van der Waals surface area (Å²) in [6.45, 7) is 2.45. The maximum atomic E-state index is 11.1. The molecule has 0 fully saturated rings. The fourth-order valence-corrected chi connectivity index (χ4v) is 1.69. The largest absolute Gasteiger partial charge is 0.744 e. The van der Waals surface area contributed by atoms with Crippen molar-refractivity contribution >= 4 is 21.7 Å². The van der Waals surface area contributed by atoms with Gasteiger partial charge in [-0.3, -0.25) is 9.59 Å². The van der Waals surface area contributed by atoms with Crippen molar-refractivity contribution in [3.63, 3.8) is 0 Å². The first-order valence-electron chi connectivity index (χ1n) is 4.34. The minimum Gasteiger partial charge on any atom is -0.744 e. The molecule has 0 N–H and O–H groups in total. The molecule has 5 nitrogen and oxygen atoms in total. The van der Waals surface area contributed by atoms with Crippen LogP contribution < -0.4 is 0 Å². The van der Waals surface area contributed by atoms with Gasteiger partial charge in [0.2, 0.25) is 0 Å². The van der Waals surface area contributed by atoms with E-state index in [0.717, 1.165) is 12.1 Å². The van der Waals surface area contributed by atoms with Crippen molar-refractivity contribution in [2.24, 2.45) is 0 Å². The molecule has 0 aliphatic heterocycles. The highest BCUT2D eigenvalue weighted by molar-refractivity contribution is 7.85. The third kappa shape index (κ3) is 3.69. The zero-order valence-corrected chi connectivity index (χ0v) is 10.5. The summed E-state index contributed by atoms with van der Waals surface area (Å²) in [5.74, 6) is -0.819. The predicted octanol–water partition coefficient (Wildman–Crippen LogP) is 1.45. The van der Waals surface area contributed by atoms with Gasteiger partial charge in [-0.15, -0.1) is 0 Å². The van der Waals surface area contributed by atoms with Gasteiger partial charge in [-0.25, -0.2) is 8.42 Å². The molecule has 1 aromatic rings. The second-order valence-corrected chi connectivity index (χ2v) is 4.69. The van der Waals surface area contributed by atoms with Crippen LogP contribution in [-0.2, 0) is 10.1 Å². The Hall–Kier alpha value is -1.66. The van der Waals surface area contributed by atoms with Crippen molar-refractivity contribution in [1.82, 2.24) is 0 Å². The topological polar surface area (TPSA) is 91.3 Å². The van der Waals surface area contributed by atoms with Crippen molar-refractivity contribution < 1.29 is 22.6 Å². The van der Waals surface area contributed by atoms with Crippen LogP contribution in [0.25, 0.3) is 0 Å². The maximum absolute atomic E-state index is 11.1. The zero-order valence-electron chi connectivity index (χ0n) is 9.68. The van der Waals surface area contributed by atoms with Crippen LogP contribution in [0.3, 0.4) is 0 Å². The van der Waals surface area contributed by atoms with Gasteiger partial charge in [0, 0.05) is 18.6 Å². The molecule has 0 saturated heterocycles. The average molecular weight is 256 g/mol. The fraction of sp³-hybridized carbons (Fsp3) is 0.182. The van der Waals surface area contributed by atoms with Crippen LogP contribution >= 0.6 is 0 Å². The van der Waals surface area contributed by atoms with Crippen LogP contribution in [0.2, 0.25) is 0 Å². The summed E-state index contributed by atoms with van der Waals surface area (Å²) in [6.07, 6.45) is 0. The standard InChI is InChI=1S/C10H10O5S.CH3/c1-6(11)8-3-9(7(2)12)5-10(4-8)16(13,14)15;/h3-5H,1-2H3,(H,13,14,15);1H3/q;+1/p-1. The van der Waals surface area contributed by atoms with Gasteiger partial charge in [-0.1, -0.05) is 0 Å². The van der Waals surface area contributed by atoms with Gasteiger partial charge in [0.25, 0.3) is 0 Å². The molecule has 17 heavy (non-hydrogen) atoms. The summed E-state index contributed by atoms with van der Waals surface area (Å²) in [4.78, 5) is 21.6. The van der Waals surface area contributed by atoms with Crippen molar-refractivity contribution in [3.05, 3.63) is 36.8 Å². The van der Waals surface area contributed by atoms with Gasteiger partial charge >= 0.3 is 0 Å². The summed E-state index contributed by atoms with van der Waals surface area (Å²) < 4.78 is 32.4. The van der Waals surface area contributed by atoms with E-state index < -0.39 is 26.6 Å². The first kappa shape index (κ1) is 15.3. The molecule has 0 bridgehead atoms. The van der Waals surface area contributed by atoms with Gasteiger partial charge in [0.1, 0.15) is 10.1 Å². The molecule has 6 heteroatoms. The first-order chi connectivity index (χ1) is 7.21. The number of rotatable bonds is 3. The molecule has 0 aliphatic carbocycles. The van der Waals surface area contributed by atoms with Gasteiger partial charge < -0.3 is 4.55 Å². The quantitative estimate of drug-likeness (QED) is 0.463. The normalized spacial score (nSPS) is 10.5. The van der Waals surface area contributed by atoms with Crippen molar-refractivity contribution in [1.29, 1.82) is 0 Å². The molecule has 0 radical (unpaired) electrons. The van der Waals surface area contributed by atoms with E-state index in [1.54, 1.807) is 0 Å². The van der Waals surface area contributed by atoms with Crippen molar-refractivity contribution in [2.45, 2.75) is 18.7 Å². The van der Waals surface area contributed by atoms with Crippen molar-refractivity contribution in [2.75, 3.05) is 0 Å². The molecular formula is C11H12O5S. The number of carbonyl (C=O) groups excluding carboxylic acids is 2. The van der Waals surface area contributed by atoms with Crippen LogP contribution in [0, 0.1) is 7.43 Å². The number of carbonyl (C=O) groups is 2. The fourth-order valence-electron chi connectivity index (χ4n) is 1.15. The first-order valence-corrected chi connectivity index (χ1v) is 5.75. The lowest BCUT2D eigenvalue weighted by Gasteiger charge is -2.09. The van der Waals surface area contributed by atoms with Crippen LogP contribution in [-0.4, -0.2) is 24.5 Å². The van der Waals surface area contributed by atoms with E-state index in [1.807, 2.05) is 0 Å². The Bertz CT molecular complexity index is 525. The highest BCUT2D eigenvalue weighted by Crippen LogP contribution is 2.16. The minimum absolute atomic E-state index is 0. The smallest absolute Gasteiger partial charge is 0.159 e. The number of hydrogen-bond acceptors (Lipinski definition) is 5. The third-order valence-electron chi connectivity index (χ3n) is 2.01. The minimum atomic E-state index is -4.67. The van der Waals surface area contributed by atoms with E-state index in [1.165, 1.54) is 19.9 Å². The molecule has 0 unspecified atom stereocenters. The summed E-state index contributed by atoms with van der Waals surface area (Å²) in [5, 5.41) is 0. The van der Waals surface area contributed by atoms with Crippen LogP contribution in [0.4, 0.5) is 0 Å². The Kier molecular flexibility index (Phi) is 4.61. The number of ketones is 2. The molecule has 0 atom stereocenters. The van der Waals surface area contributed by atoms with Crippen LogP contribution in [0.5, 0.6) is 0 Å². The number of benzene rings is 1. The molecule has 0 aliphatic rings. The third-order valence-corrected chi connectivity index (χ3v) is 2.82. The summed E-state index contributed by atoms with van der Waals surface area (Å²) in [5.41, 5.74) is 0.0595. The monoisotopic (exact) mass is 256 g/mol. The molecule has 1 rings (SSSR count). The summed E-state index contributed by atoms with van der Waals surface area (Å²) in [7, 11) is -4.67. The molecule has 0 aromatic heterocycles. The van der Waals surface area contributed by atoms with Gasteiger partial charge in [-0.2, -0.15) is 0 Å². The Morgan fingerprint density at radius 3 is 1.59 bits per heavy atom.